The Balaban J connectivity index is 0. The molecule has 15 heavy (non-hydrogen) atoms. The molecule has 0 atom stereocenters. The molecule has 3 radical (unpaired) electrons. The molecule has 0 aliphatic carbocycles. The topological polar surface area (TPSA) is 0 Å². The van der Waals surface area contributed by atoms with Crippen LogP contribution in [0.2, 0.25) is 13.3 Å². The Morgan fingerprint density at radius 1 is 0.867 bits per heavy atom. The Kier molecular flexibility index (Phi) is 23.2. The van der Waals surface area contributed by atoms with Crippen LogP contribution in [0.15, 0.2) is 0 Å². The molecule has 0 heterocycles. The fourth-order valence-electron chi connectivity index (χ4n) is 1.05. The fraction of sp³-hybridized carbons (Fsp3) is 1.00. The van der Waals surface area contributed by atoms with Gasteiger partial charge in [-0.05, 0) is 0 Å². The normalized spacial score (nSPS) is 9.33. The zero-order chi connectivity index (χ0) is 11.9. The summed E-state index contributed by atoms with van der Waals surface area (Å²) in [6.07, 6.45) is 8.28. The summed E-state index contributed by atoms with van der Waals surface area (Å²) in [6, 6.07) is 0. The molecule has 0 saturated carbocycles. The van der Waals surface area contributed by atoms with E-state index in [4.69, 9.17) is 9.29 Å². The summed E-state index contributed by atoms with van der Waals surface area (Å²) in [7, 11) is 5.46. The molecular weight excluding hydrogens is 414 g/mol. The van der Waals surface area contributed by atoms with Gasteiger partial charge in [0.25, 0.3) is 0 Å². The van der Waals surface area contributed by atoms with E-state index in [0.717, 1.165) is 0 Å². The van der Waals surface area contributed by atoms with Gasteiger partial charge >= 0.3 is 122 Å². The number of rotatable bonds is 8. The molecule has 89 valence electrons. The molecule has 0 N–H and O–H groups in total. The van der Waals surface area contributed by atoms with Crippen molar-refractivity contribution in [1.29, 1.82) is 0 Å². The van der Waals surface area contributed by atoms with Gasteiger partial charge in [-0.1, -0.05) is 0 Å². The minimum atomic E-state index is -1.16. The zero-order valence-corrected chi connectivity index (χ0v) is 17.3. The van der Waals surface area contributed by atoms with E-state index in [1.807, 2.05) is 0 Å². The first kappa shape index (κ1) is 19.2. The van der Waals surface area contributed by atoms with Crippen molar-refractivity contribution in [2.45, 2.75) is 72.6 Å². The summed E-state index contributed by atoms with van der Waals surface area (Å²) in [5, 5.41) is 0. The van der Waals surface area contributed by atoms with Crippen molar-refractivity contribution in [3.8, 4) is 0 Å². The summed E-state index contributed by atoms with van der Waals surface area (Å²) in [4.78, 5) is 0. The molecule has 0 aromatic rings. The van der Waals surface area contributed by atoms with Gasteiger partial charge in [0.1, 0.15) is 0 Å². The van der Waals surface area contributed by atoms with Gasteiger partial charge in [-0.25, -0.2) is 0 Å². The second-order valence-electron chi connectivity index (χ2n) is 3.85. The SMILES string of the molecule is CCC[CH2][Sn].CCC[CH2][Sn](=[S])[CH2]CCC. The molecule has 0 nitrogen and oxygen atoms in total. The van der Waals surface area contributed by atoms with Crippen molar-refractivity contribution in [3.05, 3.63) is 0 Å². The third-order valence-electron chi connectivity index (χ3n) is 2.15. The second-order valence-corrected chi connectivity index (χ2v) is 15.1. The average Bonchev–Trinajstić information content (AvgIpc) is 2.25. The van der Waals surface area contributed by atoms with Gasteiger partial charge in [0.2, 0.25) is 0 Å². The monoisotopic (exact) mass is 443 g/mol. The molecule has 0 bridgehead atoms. The Hall–Kier alpha value is 1.82. The molecule has 0 fully saturated rings. The molecule has 0 amide bonds. The molecule has 0 saturated heterocycles. The first-order chi connectivity index (χ1) is 7.22. The molecule has 0 unspecified atom stereocenters. The van der Waals surface area contributed by atoms with Gasteiger partial charge in [-0.3, -0.25) is 0 Å². The quantitative estimate of drug-likeness (QED) is 0.470. The standard InChI is InChI=1S/3C4H9.S.2Sn/c3*1-3-4-2;;;/h3*1,3-4H2,2H3;;;. The van der Waals surface area contributed by atoms with Crippen molar-refractivity contribution in [2.75, 3.05) is 0 Å². The number of hydrogen-bond acceptors (Lipinski definition) is 1. The molecule has 0 aliphatic rings. The van der Waals surface area contributed by atoms with Gasteiger partial charge in [-0.2, -0.15) is 0 Å². The van der Waals surface area contributed by atoms with E-state index < -0.39 is 17.8 Å². The zero-order valence-electron chi connectivity index (χ0n) is 10.8. The Morgan fingerprint density at radius 2 is 1.27 bits per heavy atom. The van der Waals surface area contributed by atoms with Crippen LogP contribution in [0, 0.1) is 0 Å². The van der Waals surface area contributed by atoms with Crippen LogP contribution in [0.3, 0.4) is 0 Å². The van der Waals surface area contributed by atoms with E-state index >= 15 is 0 Å². The maximum atomic E-state index is 5.46. The van der Waals surface area contributed by atoms with E-state index in [0.29, 0.717) is 0 Å². The minimum absolute atomic E-state index is 1.16. The van der Waals surface area contributed by atoms with E-state index in [2.05, 4.69) is 20.8 Å². The van der Waals surface area contributed by atoms with Crippen LogP contribution in [0.25, 0.3) is 0 Å². The maximum absolute atomic E-state index is 5.46. The van der Waals surface area contributed by atoms with Crippen LogP contribution in [0.4, 0.5) is 0 Å². The van der Waals surface area contributed by atoms with Crippen molar-refractivity contribution in [3.63, 3.8) is 0 Å². The van der Waals surface area contributed by atoms with E-state index in [-0.39, 0.29) is 0 Å². The van der Waals surface area contributed by atoms with E-state index in [9.17, 15) is 0 Å². The third-order valence-corrected chi connectivity index (χ3v) is 11.1. The summed E-state index contributed by atoms with van der Waals surface area (Å²) >= 11 is 0.528. The van der Waals surface area contributed by atoms with E-state index in [1.165, 1.54) is 51.8 Å². The van der Waals surface area contributed by atoms with Crippen LogP contribution >= 0.6 is 9.29 Å². The third kappa shape index (κ3) is 21.6. The van der Waals surface area contributed by atoms with Crippen molar-refractivity contribution < 1.29 is 0 Å². The van der Waals surface area contributed by atoms with Gasteiger partial charge in [0.15, 0.2) is 0 Å². The van der Waals surface area contributed by atoms with Crippen molar-refractivity contribution in [1.82, 2.24) is 0 Å². The fourth-order valence-corrected chi connectivity index (χ4v) is 8.98. The first-order valence-electron chi connectivity index (χ1n) is 6.39. The van der Waals surface area contributed by atoms with Crippen molar-refractivity contribution >= 4 is 49.6 Å². The average molecular weight is 441 g/mol. The van der Waals surface area contributed by atoms with Crippen LogP contribution in [-0.4, -0.2) is 40.3 Å². The summed E-state index contributed by atoms with van der Waals surface area (Å²) in [5.74, 6) is 0. The molecule has 0 aliphatic heterocycles. The summed E-state index contributed by atoms with van der Waals surface area (Å²) in [6.45, 7) is 6.74. The van der Waals surface area contributed by atoms with Gasteiger partial charge in [0.05, 0.1) is 0 Å². The summed E-state index contributed by atoms with van der Waals surface area (Å²) < 4.78 is 4.34. The molecule has 0 spiro atoms. The molecule has 0 aromatic heterocycles. The van der Waals surface area contributed by atoms with Crippen molar-refractivity contribution in [2.24, 2.45) is 0 Å². The number of hydrogen-bond donors (Lipinski definition) is 0. The van der Waals surface area contributed by atoms with Crippen LogP contribution in [-0.2, 0) is 0 Å². The predicted molar refractivity (Wildman–Crippen MR) is 78.2 cm³/mol. The van der Waals surface area contributed by atoms with E-state index in [1.54, 1.807) is 22.5 Å². The molecule has 0 rings (SSSR count). The van der Waals surface area contributed by atoms with Gasteiger partial charge in [0, 0.05) is 0 Å². The van der Waals surface area contributed by atoms with Crippen LogP contribution in [0.1, 0.15) is 59.3 Å². The number of unbranched alkanes of at least 4 members (excludes halogenated alkanes) is 3. The predicted octanol–water partition coefficient (Wildman–Crippen LogP) is 5.15. The Labute approximate surface area is 121 Å². The molecular formula is C12H27SSn2. The molecule has 0 aromatic carbocycles. The summed E-state index contributed by atoms with van der Waals surface area (Å²) in [5.41, 5.74) is 0. The van der Waals surface area contributed by atoms with Crippen LogP contribution in [0.5, 0.6) is 0 Å². The second kappa shape index (κ2) is 18.2. The molecule has 3 heteroatoms. The first-order valence-corrected chi connectivity index (χ1v) is 16.3. The van der Waals surface area contributed by atoms with Gasteiger partial charge < -0.3 is 0 Å². The Bertz CT molecular complexity index is 115. The van der Waals surface area contributed by atoms with Crippen LogP contribution < -0.4 is 0 Å². The Morgan fingerprint density at radius 3 is 1.47 bits per heavy atom. The van der Waals surface area contributed by atoms with Gasteiger partial charge in [-0.15, -0.1) is 0 Å².